The normalized spacial score (nSPS) is 19.4. The van der Waals surface area contributed by atoms with Crippen LogP contribution >= 0.6 is 23.2 Å². The summed E-state index contributed by atoms with van der Waals surface area (Å²) in [5, 5.41) is 6.13. The first-order valence-corrected chi connectivity index (χ1v) is 8.51. The average molecular weight is 392 g/mol. The molecular weight excluding hydrogens is 377 g/mol. The predicted molar refractivity (Wildman–Crippen MR) is 99.1 cm³/mol. The van der Waals surface area contributed by atoms with E-state index in [1.54, 1.807) is 55.5 Å². The number of amides is 4. The Hall–Kier alpha value is -2.57. The smallest absolute Gasteiger partial charge is 0.325 e. The Morgan fingerprint density at radius 3 is 2.42 bits per heavy atom. The van der Waals surface area contributed by atoms with Gasteiger partial charge in [-0.15, -0.1) is 0 Å². The van der Waals surface area contributed by atoms with Crippen LogP contribution in [0.2, 0.25) is 10.0 Å². The first kappa shape index (κ1) is 18.2. The van der Waals surface area contributed by atoms with Gasteiger partial charge in [0.1, 0.15) is 12.1 Å². The lowest BCUT2D eigenvalue weighted by Gasteiger charge is -2.23. The topological polar surface area (TPSA) is 78.5 Å². The summed E-state index contributed by atoms with van der Waals surface area (Å²) >= 11 is 12.0. The second-order valence-corrected chi connectivity index (χ2v) is 6.83. The van der Waals surface area contributed by atoms with Crippen LogP contribution < -0.4 is 10.6 Å². The van der Waals surface area contributed by atoms with Crippen LogP contribution in [0.25, 0.3) is 0 Å². The van der Waals surface area contributed by atoms with E-state index in [0.29, 0.717) is 21.3 Å². The molecule has 1 fully saturated rings. The lowest BCUT2D eigenvalue weighted by atomic mass is 9.92. The van der Waals surface area contributed by atoms with Gasteiger partial charge in [0.15, 0.2) is 0 Å². The molecule has 26 heavy (non-hydrogen) atoms. The summed E-state index contributed by atoms with van der Waals surface area (Å²) < 4.78 is 0. The summed E-state index contributed by atoms with van der Waals surface area (Å²) in [5.41, 5.74) is -0.336. The number of hydrogen-bond acceptors (Lipinski definition) is 3. The number of urea groups is 1. The van der Waals surface area contributed by atoms with Crippen LogP contribution in [0, 0.1) is 0 Å². The standard InChI is InChI=1S/C18H15Cl2N3O3/c1-18(13-4-2-3-5-14(13)20)16(25)23(17(26)22-18)10-15(24)21-12-8-6-11(19)7-9-12/h2-9H,10H2,1H3,(H,21,24)(H,22,26)/t18-/m1/s1. The van der Waals surface area contributed by atoms with Crippen molar-refractivity contribution < 1.29 is 14.4 Å². The summed E-state index contributed by atoms with van der Waals surface area (Å²) in [6.45, 7) is 1.15. The van der Waals surface area contributed by atoms with E-state index < -0.39 is 29.9 Å². The van der Waals surface area contributed by atoms with Crippen LogP contribution in [0.1, 0.15) is 12.5 Å². The highest BCUT2D eigenvalue weighted by atomic mass is 35.5. The van der Waals surface area contributed by atoms with Gasteiger partial charge >= 0.3 is 6.03 Å². The SMILES string of the molecule is C[C@]1(c2ccccc2Cl)NC(=O)N(CC(=O)Nc2ccc(Cl)cc2)C1=O. The van der Waals surface area contributed by atoms with Crippen LogP contribution in [-0.4, -0.2) is 29.3 Å². The van der Waals surface area contributed by atoms with Crippen LogP contribution in [0.4, 0.5) is 10.5 Å². The summed E-state index contributed by atoms with van der Waals surface area (Å²) in [7, 11) is 0. The van der Waals surface area contributed by atoms with E-state index in [1.165, 1.54) is 0 Å². The van der Waals surface area contributed by atoms with Crippen molar-refractivity contribution in [2.75, 3.05) is 11.9 Å². The number of nitrogens with one attached hydrogen (secondary N) is 2. The molecule has 0 aliphatic carbocycles. The number of anilines is 1. The van der Waals surface area contributed by atoms with E-state index >= 15 is 0 Å². The average Bonchev–Trinajstić information content (AvgIpc) is 2.81. The van der Waals surface area contributed by atoms with Crippen molar-refractivity contribution in [1.82, 2.24) is 10.2 Å². The zero-order chi connectivity index (χ0) is 18.9. The summed E-state index contributed by atoms with van der Waals surface area (Å²) in [5.74, 6) is -1.04. The van der Waals surface area contributed by atoms with Gasteiger partial charge in [-0.05, 0) is 37.3 Å². The molecule has 1 atom stereocenters. The van der Waals surface area contributed by atoms with Crippen molar-refractivity contribution >= 4 is 46.7 Å². The first-order valence-electron chi connectivity index (χ1n) is 7.76. The molecule has 2 aromatic carbocycles. The minimum absolute atomic E-state index is 0.358. The molecule has 1 saturated heterocycles. The number of nitrogens with zero attached hydrogens (tertiary/aromatic N) is 1. The molecule has 0 bridgehead atoms. The molecule has 0 saturated carbocycles. The quantitative estimate of drug-likeness (QED) is 0.783. The van der Waals surface area contributed by atoms with Crippen LogP contribution in [0.15, 0.2) is 48.5 Å². The monoisotopic (exact) mass is 391 g/mol. The Balaban J connectivity index is 1.76. The van der Waals surface area contributed by atoms with Crippen molar-refractivity contribution in [1.29, 1.82) is 0 Å². The third kappa shape index (κ3) is 3.38. The van der Waals surface area contributed by atoms with Crippen molar-refractivity contribution in [2.24, 2.45) is 0 Å². The molecule has 0 aromatic heterocycles. The minimum Gasteiger partial charge on any atom is -0.325 e. The van der Waals surface area contributed by atoms with Gasteiger partial charge in [-0.1, -0.05) is 41.4 Å². The van der Waals surface area contributed by atoms with Crippen molar-refractivity contribution in [3.05, 3.63) is 64.1 Å². The number of hydrogen-bond donors (Lipinski definition) is 2. The van der Waals surface area contributed by atoms with Gasteiger partial charge in [-0.25, -0.2) is 4.79 Å². The lowest BCUT2D eigenvalue weighted by molar-refractivity contribution is -0.133. The zero-order valence-corrected chi connectivity index (χ0v) is 15.3. The molecule has 0 radical (unpaired) electrons. The second kappa shape index (κ2) is 6.97. The summed E-state index contributed by atoms with van der Waals surface area (Å²) in [6, 6.07) is 12.6. The maximum absolute atomic E-state index is 12.8. The molecule has 6 nitrogen and oxygen atoms in total. The first-order chi connectivity index (χ1) is 12.3. The van der Waals surface area contributed by atoms with E-state index in [-0.39, 0.29) is 0 Å². The summed E-state index contributed by atoms with van der Waals surface area (Å²) in [6.07, 6.45) is 0. The Bertz CT molecular complexity index is 886. The molecule has 4 amide bonds. The number of benzene rings is 2. The fourth-order valence-electron chi connectivity index (χ4n) is 2.77. The van der Waals surface area contributed by atoms with E-state index in [4.69, 9.17) is 23.2 Å². The zero-order valence-electron chi connectivity index (χ0n) is 13.8. The second-order valence-electron chi connectivity index (χ2n) is 5.98. The molecule has 2 aromatic rings. The maximum atomic E-state index is 12.8. The highest BCUT2D eigenvalue weighted by molar-refractivity contribution is 6.32. The molecule has 1 heterocycles. The van der Waals surface area contributed by atoms with Gasteiger partial charge in [0.25, 0.3) is 5.91 Å². The van der Waals surface area contributed by atoms with Crippen molar-refractivity contribution in [3.63, 3.8) is 0 Å². The van der Waals surface area contributed by atoms with Gasteiger partial charge < -0.3 is 10.6 Å². The highest BCUT2D eigenvalue weighted by Gasteiger charge is 2.50. The van der Waals surface area contributed by atoms with Crippen LogP contribution in [-0.2, 0) is 15.1 Å². The number of carbonyl (C=O) groups excluding carboxylic acids is 3. The molecule has 1 aliphatic rings. The van der Waals surface area contributed by atoms with Gasteiger partial charge in [-0.2, -0.15) is 0 Å². The third-order valence-corrected chi connectivity index (χ3v) is 4.70. The number of imide groups is 1. The Labute approximate surface area is 160 Å². The Morgan fingerprint density at radius 1 is 1.12 bits per heavy atom. The number of halogens is 2. The Morgan fingerprint density at radius 2 is 1.77 bits per heavy atom. The fourth-order valence-corrected chi connectivity index (χ4v) is 3.22. The van der Waals surface area contributed by atoms with Crippen LogP contribution in [0.3, 0.4) is 0 Å². The minimum atomic E-state index is -1.32. The maximum Gasteiger partial charge on any atom is 0.325 e. The molecule has 2 N–H and O–H groups in total. The van der Waals surface area contributed by atoms with E-state index in [1.807, 2.05) is 0 Å². The lowest BCUT2D eigenvalue weighted by Crippen LogP contribution is -2.42. The molecule has 0 spiro atoms. The van der Waals surface area contributed by atoms with Gasteiger partial charge in [0, 0.05) is 21.3 Å². The summed E-state index contributed by atoms with van der Waals surface area (Å²) in [4.78, 5) is 38.2. The largest absolute Gasteiger partial charge is 0.325 e. The molecule has 1 aliphatic heterocycles. The predicted octanol–water partition coefficient (Wildman–Crippen LogP) is 3.40. The van der Waals surface area contributed by atoms with Gasteiger partial charge in [-0.3, -0.25) is 14.5 Å². The molecule has 8 heteroatoms. The molecular formula is C18H15Cl2N3O3. The van der Waals surface area contributed by atoms with E-state index in [9.17, 15) is 14.4 Å². The molecule has 134 valence electrons. The highest BCUT2D eigenvalue weighted by Crippen LogP contribution is 2.33. The molecule has 0 unspecified atom stereocenters. The molecule has 3 rings (SSSR count). The number of rotatable bonds is 4. The van der Waals surface area contributed by atoms with Crippen molar-refractivity contribution in [2.45, 2.75) is 12.5 Å². The third-order valence-electron chi connectivity index (χ3n) is 4.12. The van der Waals surface area contributed by atoms with Gasteiger partial charge in [0.05, 0.1) is 0 Å². The Kier molecular flexibility index (Phi) is 4.89. The van der Waals surface area contributed by atoms with E-state index in [0.717, 1.165) is 4.90 Å². The fraction of sp³-hybridized carbons (Fsp3) is 0.167. The van der Waals surface area contributed by atoms with E-state index in [2.05, 4.69) is 10.6 Å². The number of carbonyl (C=O) groups is 3. The van der Waals surface area contributed by atoms with Gasteiger partial charge in [0.2, 0.25) is 5.91 Å². The van der Waals surface area contributed by atoms with Crippen molar-refractivity contribution in [3.8, 4) is 0 Å². The van der Waals surface area contributed by atoms with Crippen LogP contribution in [0.5, 0.6) is 0 Å².